The number of rotatable bonds is 7. The molecule has 0 unspecified atom stereocenters. The van der Waals surface area contributed by atoms with Gasteiger partial charge >= 0.3 is 11.9 Å². The van der Waals surface area contributed by atoms with Crippen LogP contribution < -0.4 is 5.56 Å². The predicted octanol–water partition coefficient (Wildman–Crippen LogP) is 4.33. The number of ether oxygens (including phenoxy) is 2. The summed E-state index contributed by atoms with van der Waals surface area (Å²) in [6.45, 7) is 6.11. The van der Waals surface area contributed by atoms with Crippen LogP contribution in [0.3, 0.4) is 0 Å². The Hall–Kier alpha value is -2.22. The molecule has 1 fully saturated rings. The molecule has 0 aliphatic heterocycles. The lowest BCUT2D eigenvalue weighted by Crippen LogP contribution is -2.26. The Bertz CT molecular complexity index is 986. The minimum atomic E-state index is -0.356. The maximum atomic E-state index is 13.3. The molecule has 0 aromatic carbocycles. The third-order valence-electron chi connectivity index (χ3n) is 5.60. The summed E-state index contributed by atoms with van der Waals surface area (Å²) in [6.07, 6.45) is 5.84. The van der Waals surface area contributed by atoms with E-state index in [-0.39, 0.29) is 35.9 Å². The minimum absolute atomic E-state index is 0.0280. The van der Waals surface area contributed by atoms with Crippen LogP contribution in [0.5, 0.6) is 0 Å². The lowest BCUT2D eigenvalue weighted by Gasteiger charge is -2.21. The second-order valence-electron chi connectivity index (χ2n) is 8.16. The van der Waals surface area contributed by atoms with Gasteiger partial charge in [0.05, 0.1) is 12.5 Å². The molecule has 0 N–H and O–H groups in total. The molecule has 0 radical (unpaired) electrons. The highest BCUT2D eigenvalue weighted by Gasteiger charge is 2.25. The quantitative estimate of drug-likeness (QED) is 0.603. The first kappa shape index (κ1) is 22.5. The van der Waals surface area contributed by atoms with Gasteiger partial charge in [0.25, 0.3) is 5.56 Å². The van der Waals surface area contributed by atoms with Crippen molar-refractivity contribution >= 4 is 33.5 Å². The number of esters is 2. The van der Waals surface area contributed by atoms with Crippen molar-refractivity contribution in [2.75, 3.05) is 7.11 Å². The Morgan fingerprint density at radius 2 is 1.93 bits per heavy atom. The highest BCUT2D eigenvalue weighted by Crippen LogP contribution is 2.30. The zero-order chi connectivity index (χ0) is 21.8. The minimum Gasteiger partial charge on any atom is -0.469 e. The largest absolute Gasteiger partial charge is 0.469 e. The first-order valence-corrected chi connectivity index (χ1v) is 11.5. The molecular formula is C22H30N2O5S. The van der Waals surface area contributed by atoms with E-state index < -0.39 is 0 Å². The van der Waals surface area contributed by atoms with Gasteiger partial charge in [-0.3, -0.25) is 14.2 Å². The Labute approximate surface area is 180 Å². The van der Waals surface area contributed by atoms with Crippen LogP contribution in [0.2, 0.25) is 0 Å². The molecule has 2 heterocycles. The molecule has 3 rings (SSSR count). The number of nitrogens with zero attached hydrogens (tertiary/aromatic N) is 2. The number of thiophene rings is 1. The molecule has 0 spiro atoms. The van der Waals surface area contributed by atoms with Gasteiger partial charge in [-0.1, -0.05) is 20.3 Å². The number of aryl methyl sites for hydroxylation is 1. The van der Waals surface area contributed by atoms with Crippen LogP contribution in [0.25, 0.3) is 10.2 Å². The average Bonchev–Trinajstić information content (AvgIpc) is 3.06. The third-order valence-corrected chi connectivity index (χ3v) is 6.76. The number of aromatic nitrogens is 2. The molecule has 1 aliphatic carbocycles. The van der Waals surface area contributed by atoms with Gasteiger partial charge in [0, 0.05) is 18.9 Å². The van der Waals surface area contributed by atoms with Gasteiger partial charge < -0.3 is 9.47 Å². The van der Waals surface area contributed by atoms with Gasteiger partial charge in [-0.05, 0) is 44.6 Å². The van der Waals surface area contributed by atoms with Gasteiger partial charge in [-0.2, -0.15) is 0 Å². The fraction of sp³-hybridized carbons (Fsp3) is 0.636. The number of hydrogen-bond donors (Lipinski definition) is 0. The molecule has 0 atom stereocenters. The summed E-state index contributed by atoms with van der Waals surface area (Å²) in [5.74, 6) is 0.0267. The molecule has 0 amide bonds. The fourth-order valence-electron chi connectivity index (χ4n) is 3.96. The van der Waals surface area contributed by atoms with Crippen molar-refractivity contribution < 1.29 is 19.1 Å². The first-order chi connectivity index (χ1) is 14.3. The molecule has 0 bridgehead atoms. The van der Waals surface area contributed by atoms with Gasteiger partial charge in [0.1, 0.15) is 21.6 Å². The van der Waals surface area contributed by atoms with E-state index in [0.717, 1.165) is 25.7 Å². The van der Waals surface area contributed by atoms with Crippen molar-refractivity contribution in [2.24, 2.45) is 0 Å². The molecule has 2 aromatic heterocycles. The van der Waals surface area contributed by atoms with Crippen molar-refractivity contribution in [2.45, 2.75) is 84.3 Å². The summed E-state index contributed by atoms with van der Waals surface area (Å²) in [5.41, 5.74) is 0.462. The topological polar surface area (TPSA) is 87.5 Å². The molecule has 2 aromatic rings. The number of hydrogen-bond acceptors (Lipinski definition) is 7. The van der Waals surface area contributed by atoms with E-state index in [4.69, 9.17) is 9.72 Å². The molecule has 1 aliphatic rings. The summed E-state index contributed by atoms with van der Waals surface area (Å²) in [7, 11) is 1.35. The zero-order valence-electron chi connectivity index (χ0n) is 18.2. The Morgan fingerprint density at radius 1 is 1.23 bits per heavy atom. The van der Waals surface area contributed by atoms with Gasteiger partial charge in [0.2, 0.25) is 0 Å². The van der Waals surface area contributed by atoms with E-state index in [1.165, 1.54) is 24.9 Å². The van der Waals surface area contributed by atoms with Gasteiger partial charge in [-0.25, -0.2) is 9.78 Å². The van der Waals surface area contributed by atoms with Crippen LogP contribution in [0, 0.1) is 6.92 Å². The van der Waals surface area contributed by atoms with E-state index in [1.54, 1.807) is 11.5 Å². The van der Waals surface area contributed by atoms with Crippen LogP contribution in [0.15, 0.2) is 4.79 Å². The summed E-state index contributed by atoms with van der Waals surface area (Å²) in [5, 5.41) is 0.470. The average molecular weight is 435 g/mol. The normalized spacial score (nSPS) is 15.0. The Balaban J connectivity index is 1.94. The maximum Gasteiger partial charge on any atom is 0.348 e. The smallest absolute Gasteiger partial charge is 0.348 e. The molecule has 164 valence electrons. The van der Waals surface area contributed by atoms with Crippen molar-refractivity contribution in [1.29, 1.82) is 0 Å². The monoisotopic (exact) mass is 434 g/mol. The van der Waals surface area contributed by atoms with E-state index >= 15 is 0 Å². The number of fused-ring (bicyclic) bond motifs is 1. The highest BCUT2D eigenvalue weighted by molar-refractivity contribution is 7.20. The Morgan fingerprint density at radius 3 is 2.57 bits per heavy atom. The SMILES string of the molecule is COC(=O)CCCn1c(C(C)C)nc2sc(C(=O)OC3CCCCC3)c(C)c2c1=O. The maximum absolute atomic E-state index is 13.3. The van der Waals surface area contributed by atoms with Crippen molar-refractivity contribution in [3.63, 3.8) is 0 Å². The second kappa shape index (κ2) is 9.73. The number of methoxy groups -OCH3 is 1. The first-order valence-electron chi connectivity index (χ1n) is 10.6. The molecule has 0 saturated heterocycles. The third kappa shape index (κ3) is 4.74. The molecular weight excluding hydrogens is 404 g/mol. The van der Waals surface area contributed by atoms with E-state index in [9.17, 15) is 14.4 Å². The van der Waals surface area contributed by atoms with Crippen molar-refractivity contribution in [3.8, 4) is 0 Å². The number of carbonyl (C=O) groups excluding carboxylic acids is 2. The van der Waals surface area contributed by atoms with Crippen LogP contribution in [0.4, 0.5) is 0 Å². The van der Waals surface area contributed by atoms with Crippen LogP contribution >= 0.6 is 11.3 Å². The van der Waals surface area contributed by atoms with Crippen molar-refractivity contribution in [3.05, 3.63) is 26.6 Å². The van der Waals surface area contributed by atoms with E-state index in [0.29, 0.717) is 39.4 Å². The lowest BCUT2D eigenvalue weighted by atomic mass is 9.98. The number of carbonyl (C=O) groups is 2. The summed E-state index contributed by atoms with van der Waals surface area (Å²) >= 11 is 1.23. The molecule has 8 heteroatoms. The lowest BCUT2D eigenvalue weighted by molar-refractivity contribution is -0.140. The van der Waals surface area contributed by atoms with Crippen LogP contribution in [-0.2, 0) is 20.8 Å². The summed E-state index contributed by atoms with van der Waals surface area (Å²) in [4.78, 5) is 43.3. The second-order valence-corrected chi connectivity index (χ2v) is 9.16. The van der Waals surface area contributed by atoms with Gasteiger partial charge in [-0.15, -0.1) is 11.3 Å². The fourth-order valence-corrected chi connectivity index (χ4v) is 5.02. The van der Waals surface area contributed by atoms with E-state index in [2.05, 4.69) is 4.74 Å². The summed E-state index contributed by atoms with van der Waals surface area (Å²) in [6, 6.07) is 0. The summed E-state index contributed by atoms with van der Waals surface area (Å²) < 4.78 is 12.0. The predicted molar refractivity (Wildman–Crippen MR) is 116 cm³/mol. The van der Waals surface area contributed by atoms with Crippen LogP contribution in [-0.4, -0.2) is 34.7 Å². The molecule has 30 heavy (non-hydrogen) atoms. The van der Waals surface area contributed by atoms with Crippen LogP contribution in [0.1, 0.15) is 85.8 Å². The standard InChI is InChI=1S/C22H30N2O5S/c1-13(2)19-23-20-17(21(26)24(19)12-8-11-16(25)28-4)14(3)18(30-20)22(27)29-15-9-6-5-7-10-15/h13,15H,5-12H2,1-4H3. The molecule has 7 nitrogen and oxygen atoms in total. The molecule has 1 saturated carbocycles. The zero-order valence-corrected chi connectivity index (χ0v) is 19.0. The Kier molecular flexibility index (Phi) is 7.28. The van der Waals surface area contributed by atoms with Gasteiger partial charge in [0.15, 0.2) is 0 Å². The van der Waals surface area contributed by atoms with Crippen molar-refractivity contribution in [1.82, 2.24) is 9.55 Å². The highest BCUT2D eigenvalue weighted by atomic mass is 32.1. The van der Waals surface area contributed by atoms with E-state index in [1.807, 2.05) is 13.8 Å².